The lowest BCUT2D eigenvalue weighted by molar-refractivity contribution is 0.251. The Morgan fingerprint density at radius 2 is 2.08 bits per heavy atom. The molecule has 0 radical (unpaired) electrons. The van der Waals surface area contributed by atoms with Gasteiger partial charge in [-0.15, -0.1) is 0 Å². The predicted molar refractivity (Wildman–Crippen MR) is 54.6 cm³/mol. The molecule has 0 saturated heterocycles. The van der Waals surface area contributed by atoms with Crippen LogP contribution in [0.4, 0.5) is 0 Å². The van der Waals surface area contributed by atoms with E-state index >= 15 is 0 Å². The summed E-state index contributed by atoms with van der Waals surface area (Å²) in [6.07, 6.45) is 0. The highest BCUT2D eigenvalue weighted by atomic mass is 16.3. The Labute approximate surface area is 79.6 Å². The Hall–Kier alpha value is -0.860. The molecule has 0 aromatic heterocycles. The fourth-order valence-corrected chi connectivity index (χ4v) is 1.16. The number of hydrogen-bond donors (Lipinski definition) is 2. The molecule has 0 aliphatic carbocycles. The van der Waals surface area contributed by atoms with Crippen molar-refractivity contribution < 1.29 is 5.11 Å². The van der Waals surface area contributed by atoms with Crippen molar-refractivity contribution in [3.63, 3.8) is 0 Å². The highest BCUT2D eigenvalue weighted by molar-refractivity contribution is 5.25. The summed E-state index contributed by atoms with van der Waals surface area (Å²) in [5.74, 6) is 0. The second-order valence-corrected chi connectivity index (χ2v) is 3.39. The van der Waals surface area contributed by atoms with Crippen LogP contribution in [0.15, 0.2) is 24.3 Å². The fourth-order valence-electron chi connectivity index (χ4n) is 1.16. The van der Waals surface area contributed by atoms with Crippen molar-refractivity contribution in [2.45, 2.75) is 26.4 Å². The van der Waals surface area contributed by atoms with Crippen LogP contribution in [0, 0.1) is 6.92 Å². The molecule has 0 heterocycles. The van der Waals surface area contributed by atoms with E-state index in [9.17, 15) is 0 Å². The molecule has 0 aliphatic rings. The largest absolute Gasteiger partial charge is 0.395 e. The van der Waals surface area contributed by atoms with E-state index in [1.54, 1.807) is 0 Å². The van der Waals surface area contributed by atoms with Gasteiger partial charge in [-0.3, -0.25) is 0 Å². The molecule has 72 valence electrons. The predicted octanol–water partition coefficient (Wildman–Crippen LogP) is 1.47. The molecule has 0 spiro atoms. The van der Waals surface area contributed by atoms with Crippen LogP contribution < -0.4 is 5.32 Å². The van der Waals surface area contributed by atoms with Crippen LogP contribution in [-0.2, 0) is 6.54 Å². The number of benzene rings is 1. The van der Waals surface area contributed by atoms with E-state index < -0.39 is 0 Å². The third-order valence-electron chi connectivity index (χ3n) is 2.18. The molecule has 1 aromatic rings. The minimum atomic E-state index is 0.166. The third-order valence-corrected chi connectivity index (χ3v) is 2.18. The monoisotopic (exact) mass is 179 g/mol. The van der Waals surface area contributed by atoms with Crippen molar-refractivity contribution in [1.29, 1.82) is 0 Å². The van der Waals surface area contributed by atoms with Crippen LogP contribution in [0.1, 0.15) is 18.1 Å². The first-order valence-corrected chi connectivity index (χ1v) is 4.62. The number of aliphatic hydroxyl groups is 1. The topological polar surface area (TPSA) is 32.3 Å². The summed E-state index contributed by atoms with van der Waals surface area (Å²) in [4.78, 5) is 0. The smallest absolute Gasteiger partial charge is 0.0582 e. The summed E-state index contributed by atoms with van der Waals surface area (Å²) in [6, 6.07) is 8.44. The molecule has 1 atom stereocenters. The van der Waals surface area contributed by atoms with E-state index in [4.69, 9.17) is 5.11 Å². The van der Waals surface area contributed by atoms with Gasteiger partial charge in [0.2, 0.25) is 0 Å². The van der Waals surface area contributed by atoms with Crippen LogP contribution >= 0.6 is 0 Å². The number of aryl methyl sites for hydroxylation is 1. The van der Waals surface area contributed by atoms with E-state index in [0.29, 0.717) is 0 Å². The molecule has 0 unspecified atom stereocenters. The highest BCUT2D eigenvalue weighted by Crippen LogP contribution is 2.06. The van der Waals surface area contributed by atoms with E-state index in [1.807, 2.05) is 19.1 Å². The van der Waals surface area contributed by atoms with Crippen molar-refractivity contribution in [2.75, 3.05) is 6.61 Å². The van der Waals surface area contributed by atoms with Gasteiger partial charge in [0.15, 0.2) is 0 Å². The Bertz CT molecular complexity index is 260. The van der Waals surface area contributed by atoms with Gasteiger partial charge < -0.3 is 10.4 Å². The number of nitrogens with one attached hydrogen (secondary N) is 1. The maximum Gasteiger partial charge on any atom is 0.0582 e. The van der Waals surface area contributed by atoms with E-state index in [0.717, 1.165) is 6.54 Å². The number of aliphatic hydroxyl groups excluding tert-OH is 1. The summed E-state index contributed by atoms with van der Waals surface area (Å²) >= 11 is 0. The maximum absolute atomic E-state index is 8.82. The normalized spacial score (nSPS) is 12.8. The number of hydrogen-bond acceptors (Lipinski definition) is 2. The van der Waals surface area contributed by atoms with Crippen LogP contribution in [0.25, 0.3) is 0 Å². The zero-order valence-corrected chi connectivity index (χ0v) is 8.25. The zero-order chi connectivity index (χ0) is 9.68. The molecule has 2 nitrogen and oxygen atoms in total. The standard InChI is InChI=1S/C11H17NO/c1-9-5-3-4-6-11(9)7-12-10(2)8-13/h3-6,10,12-13H,7-8H2,1-2H3/t10-/m0/s1. The zero-order valence-electron chi connectivity index (χ0n) is 8.25. The first-order valence-electron chi connectivity index (χ1n) is 4.62. The molecule has 0 bridgehead atoms. The average molecular weight is 179 g/mol. The summed E-state index contributed by atoms with van der Waals surface area (Å²) in [5.41, 5.74) is 2.59. The Morgan fingerprint density at radius 1 is 1.38 bits per heavy atom. The molecule has 1 aromatic carbocycles. The summed E-state index contributed by atoms with van der Waals surface area (Å²) < 4.78 is 0. The SMILES string of the molecule is Cc1ccccc1CN[C@@H](C)CO. The molecule has 2 N–H and O–H groups in total. The van der Waals surface area contributed by atoms with Crippen molar-refractivity contribution in [1.82, 2.24) is 5.32 Å². The van der Waals surface area contributed by atoms with Crippen molar-refractivity contribution in [3.8, 4) is 0 Å². The molecule has 0 aliphatic heterocycles. The minimum Gasteiger partial charge on any atom is -0.395 e. The molecule has 0 amide bonds. The second kappa shape index (κ2) is 5.00. The lowest BCUT2D eigenvalue weighted by atomic mass is 10.1. The van der Waals surface area contributed by atoms with Gasteiger partial charge in [0.05, 0.1) is 6.61 Å². The molecule has 13 heavy (non-hydrogen) atoms. The van der Waals surface area contributed by atoms with Gasteiger partial charge in [-0.05, 0) is 25.0 Å². The van der Waals surface area contributed by atoms with E-state index in [1.165, 1.54) is 11.1 Å². The van der Waals surface area contributed by atoms with E-state index in [2.05, 4.69) is 24.4 Å². The average Bonchev–Trinajstić information content (AvgIpc) is 2.16. The third kappa shape index (κ3) is 3.17. The summed E-state index contributed by atoms with van der Waals surface area (Å²) in [5, 5.41) is 12.1. The van der Waals surface area contributed by atoms with Crippen LogP contribution in [0.5, 0.6) is 0 Å². The van der Waals surface area contributed by atoms with Crippen LogP contribution in [-0.4, -0.2) is 17.8 Å². The van der Waals surface area contributed by atoms with Crippen molar-refractivity contribution >= 4 is 0 Å². The molecule has 0 fully saturated rings. The van der Waals surface area contributed by atoms with Gasteiger partial charge >= 0.3 is 0 Å². The van der Waals surface area contributed by atoms with Gasteiger partial charge in [0, 0.05) is 12.6 Å². The Kier molecular flexibility index (Phi) is 3.93. The van der Waals surface area contributed by atoms with Crippen LogP contribution in [0.3, 0.4) is 0 Å². The first-order chi connectivity index (χ1) is 6.24. The van der Waals surface area contributed by atoms with E-state index in [-0.39, 0.29) is 12.6 Å². The Morgan fingerprint density at radius 3 is 2.69 bits per heavy atom. The minimum absolute atomic E-state index is 0.166. The quantitative estimate of drug-likeness (QED) is 0.733. The van der Waals surface area contributed by atoms with Gasteiger partial charge in [0.1, 0.15) is 0 Å². The number of rotatable bonds is 4. The molecule has 1 rings (SSSR count). The Balaban J connectivity index is 2.50. The van der Waals surface area contributed by atoms with Gasteiger partial charge in [-0.1, -0.05) is 24.3 Å². The summed E-state index contributed by atoms with van der Waals surface area (Å²) in [6.45, 7) is 5.08. The lowest BCUT2D eigenvalue weighted by Gasteiger charge is -2.11. The molecule has 0 saturated carbocycles. The lowest BCUT2D eigenvalue weighted by Crippen LogP contribution is -2.28. The second-order valence-electron chi connectivity index (χ2n) is 3.39. The maximum atomic E-state index is 8.82. The van der Waals surface area contributed by atoms with Gasteiger partial charge in [-0.25, -0.2) is 0 Å². The molecular formula is C11H17NO. The summed E-state index contributed by atoms with van der Waals surface area (Å²) in [7, 11) is 0. The fraction of sp³-hybridized carbons (Fsp3) is 0.455. The van der Waals surface area contributed by atoms with Crippen molar-refractivity contribution in [2.24, 2.45) is 0 Å². The molecular weight excluding hydrogens is 162 g/mol. The van der Waals surface area contributed by atoms with Gasteiger partial charge in [0.25, 0.3) is 0 Å². The van der Waals surface area contributed by atoms with Crippen molar-refractivity contribution in [3.05, 3.63) is 35.4 Å². The molecule has 2 heteroatoms. The van der Waals surface area contributed by atoms with Crippen LogP contribution in [0.2, 0.25) is 0 Å². The first kappa shape index (κ1) is 10.2. The van der Waals surface area contributed by atoms with Gasteiger partial charge in [-0.2, -0.15) is 0 Å². The highest BCUT2D eigenvalue weighted by Gasteiger charge is 2.00.